The molecule has 0 aliphatic rings. The van der Waals surface area contributed by atoms with E-state index in [1.54, 1.807) is 24.3 Å². The van der Waals surface area contributed by atoms with Gasteiger partial charge in [0.1, 0.15) is 11.1 Å². The topological polar surface area (TPSA) is 39.4 Å². The van der Waals surface area contributed by atoms with Crippen LogP contribution in [0.15, 0.2) is 28.7 Å². The largest absolute Gasteiger partial charge is 0.449 e. The quantitative estimate of drug-likeness (QED) is 0.626. The third-order valence-electron chi connectivity index (χ3n) is 1.87. The van der Waals surface area contributed by atoms with E-state index in [2.05, 4.69) is 15.9 Å². The first-order chi connectivity index (χ1) is 7.20. The molecule has 0 aliphatic carbocycles. The molecule has 0 N–H and O–H groups in total. The predicted molar refractivity (Wildman–Crippen MR) is 60.4 cm³/mol. The van der Waals surface area contributed by atoms with Crippen LogP contribution in [0.5, 0.6) is 0 Å². The Bertz CT molecular complexity index is 506. The van der Waals surface area contributed by atoms with E-state index in [1.165, 1.54) is 0 Å². The Morgan fingerprint density at radius 1 is 1.47 bits per heavy atom. The molecule has 2 rings (SSSR count). The summed E-state index contributed by atoms with van der Waals surface area (Å²) < 4.78 is 10.0. The Morgan fingerprint density at radius 2 is 2.27 bits per heavy atom. The standard InChI is InChI=1S/C10H6BrClO3/c11-5-14-10(13)9-4-6-3-7(12)1-2-8(6)15-9/h1-4H,5H2. The maximum atomic E-state index is 11.3. The number of benzene rings is 1. The molecule has 0 atom stereocenters. The molecule has 0 aliphatic heterocycles. The molecule has 0 unspecified atom stereocenters. The molecule has 0 fully saturated rings. The fourth-order valence-corrected chi connectivity index (χ4v) is 1.62. The van der Waals surface area contributed by atoms with E-state index in [1.807, 2.05) is 0 Å². The Morgan fingerprint density at radius 3 is 3.00 bits per heavy atom. The zero-order chi connectivity index (χ0) is 10.8. The smallest absolute Gasteiger partial charge is 0.375 e. The van der Waals surface area contributed by atoms with E-state index in [-0.39, 0.29) is 11.3 Å². The second-order valence-corrected chi connectivity index (χ2v) is 3.73. The van der Waals surface area contributed by atoms with Crippen molar-refractivity contribution < 1.29 is 13.9 Å². The summed E-state index contributed by atoms with van der Waals surface area (Å²) in [7, 11) is 0. The molecule has 1 aromatic heterocycles. The molecular weight excluding hydrogens is 283 g/mol. The summed E-state index contributed by atoms with van der Waals surface area (Å²) >= 11 is 8.80. The average molecular weight is 290 g/mol. The highest BCUT2D eigenvalue weighted by Crippen LogP contribution is 2.23. The highest BCUT2D eigenvalue weighted by molar-refractivity contribution is 9.09. The minimum Gasteiger partial charge on any atom is -0.449 e. The van der Waals surface area contributed by atoms with Crippen LogP contribution in [0.1, 0.15) is 10.6 Å². The monoisotopic (exact) mass is 288 g/mol. The predicted octanol–water partition coefficient (Wildman–Crippen LogP) is 3.60. The molecule has 0 saturated heterocycles. The summed E-state index contributed by atoms with van der Waals surface area (Å²) in [4.78, 5) is 11.3. The van der Waals surface area contributed by atoms with Gasteiger partial charge in [-0.05, 0) is 40.2 Å². The number of carbonyl (C=O) groups excluding carboxylic acids is 1. The van der Waals surface area contributed by atoms with Crippen LogP contribution in [0.4, 0.5) is 0 Å². The molecule has 15 heavy (non-hydrogen) atoms. The summed E-state index contributed by atoms with van der Waals surface area (Å²) in [6, 6.07) is 6.74. The molecule has 78 valence electrons. The van der Waals surface area contributed by atoms with Crippen molar-refractivity contribution in [1.29, 1.82) is 0 Å². The van der Waals surface area contributed by atoms with Crippen LogP contribution in [-0.2, 0) is 4.74 Å². The fraction of sp³-hybridized carbons (Fsp3) is 0.100. The second-order valence-electron chi connectivity index (χ2n) is 2.83. The number of ether oxygens (including phenoxy) is 1. The van der Waals surface area contributed by atoms with Crippen molar-refractivity contribution in [1.82, 2.24) is 0 Å². The van der Waals surface area contributed by atoms with Gasteiger partial charge in [-0.1, -0.05) is 11.6 Å². The lowest BCUT2D eigenvalue weighted by Gasteiger charge is -1.94. The van der Waals surface area contributed by atoms with Crippen LogP contribution in [0.2, 0.25) is 5.02 Å². The molecule has 0 saturated carbocycles. The number of fused-ring (bicyclic) bond motifs is 1. The van der Waals surface area contributed by atoms with Crippen LogP contribution in [0.3, 0.4) is 0 Å². The van der Waals surface area contributed by atoms with Gasteiger partial charge in [0.05, 0.1) is 0 Å². The van der Waals surface area contributed by atoms with Crippen molar-refractivity contribution in [3.8, 4) is 0 Å². The van der Waals surface area contributed by atoms with E-state index in [0.29, 0.717) is 10.6 Å². The van der Waals surface area contributed by atoms with E-state index < -0.39 is 5.97 Å². The van der Waals surface area contributed by atoms with Crippen molar-refractivity contribution in [2.24, 2.45) is 0 Å². The van der Waals surface area contributed by atoms with Gasteiger partial charge in [-0.15, -0.1) is 0 Å². The van der Waals surface area contributed by atoms with Gasteiger partial charge in [-0.3, -0.25) is 0 Å². The molecule has 1 heterocycles. The molecule has 5 heteroatoms. The summed E-state index contributed by atoms with van der Waals surface area (Å²) in [5.41, 5.74) is 0.754. The van der Waals surface area contributed by atoms with Gasteiger partial charge in [-0.2, -0.15) is 0 Å². The first-order valence-corrected chi connectivity index (χ1v) is 5.63. The van der Waals surface area contributed by atoms with Gasteiger partial charge in [0.2, 0.25) is 5.76 Å². The van der Waals surface area contributed by atoms with Gasteiger partial charge < -0.3 is 9.15 Å². The number of hydrogen-bond acceptors (Lipinski definition) is 3. The lowest BCUT2D eigenvalue weighted by atomic mass is 10.2. The molecule has 3 nitrogen and oxygen atoms in total. The number of hydrogen-bond donors (Lipinski definition) is 0. The Labute approximate surface area is 99.1 Å². The maximum Gasteiger partial charge on any atom is 0.375 e. The number of carbonyl (C=O) groups is 1. The molecule has 2 aromatic rings. The van der Waals surface area contributed by atoms with Crippen LogP contribution in [-0.4, -0.2) is 11.5 Å². The summed E-state index contributed by atoms with van der Waals surface area (Å²) in [5.74, 6) is -0.328. The highest BCUT2D eigenvalue weighted by Gasteiger charge is 2.13. The summed E-state index contributed by atoms with van der Waals surface area (Å²) in [6.07, 6.45) is 0. The minimum absolute atomic E-state index is 0.142. The third-order valence-corrected chi connectivity index (χ3v) is 2.33. The molecule has 1 aromatic carbocycles. The lowest BCUT2D eigenvalue weighted by molar-refractivity contribution is 0.0551. The van der Waals surface area contributed by atoms with Crippen molar-refractivity contribution in [2.45, 2.75) is 0 Å². The lowest BCUT2D eigenvalue weighted by Crippen LogP contribution is -2.00. The number of rotatable bonds is 2. The van der Waals surface area contributed by atoms with Gasteiger partial charge in [-0.25, -0.2) is 4.79 Å². The average Bonchev–Trinajstić information content (AvgIpc) is 2.60. The van der Waals surface area contributed by atoms with Crippen molar-refractivity contribution in [3.63, 3.8) is 0 Å². The van der Waals surface area contributed by atoms with E-state index in [4.69, 9.17) is 20.8 Å². The van der Waals surface area contributed by atoms with Crippen LogP contribution >= 0.6 is 27.5 Å². The molecular formula is C10H6BrClO3. The summed E-state index contributed by atoms with van der Waals surface area (Å²) in [5, 5.41) is 1.38. The normalized spacial score (nSPS) is 10.5. The van der Waals surface area contributed by atoms with E-state index >= 15 is 0 Å². The maximum absolute atomic E-state index is 11.3. The second kappa shape index (κ2) is 4.24. The number of halogens is 2. The van der Waals surface area contributed by atoms with Gasteiger partial charge in [0, 0.05) is 10.4 Å². The van der Waals surface area contributed by atoms with Crippen LogP contribution in [0.25, 0.3) is 11.0 Å². The van der Waals surface area contributed by atoms with E-state index in [9.17, 15) is 4.79 Å². The Kier molecular flexibility index (Phi) is 2.98. The first kappa shape index (κ1) is 10.5. The highest BCUT2D eigenvalue weighted by atomic mass is 79.9. The first-order valence-electron chi connectivity index (χ1n) is 4.13. The third kappa shape index (κ3) is 2.16. The zero-order valence-corrected chi connectivity index (χ0v) is 9.84. The van der Waals surface area contributed by atoms with Crippen molar-refractivity contribution in [2.75, 3.05) is 5.52 Å². The van der Waals surface area contributed by atoms with Crippen molar-refractivity contribution >= 4 is 44.5 Å². The van der Waals surface area contributed by atoms with Gasteiger partial charge >= 0.3 is 5.97 Å². The number of esters is 1. The van der Waals surface area contributed by atoms with Crippen LogP contribution in [0, 0.1) is 0 Å². The zero-order valence-electron chi connectivity index (χ0n) is 7.50. The molecule has 0 bridgehead atoms. The fourth-order valence-electron chi connectivity index (χ4n) is 1.24. The SMILES string of the molecule is O=C(OCBr)c1cc2cc(Cl)ccc2o1. The molecule has 0 amide bonds. The minimum atomic E-state index is -0.501. The van der Waals surface area contributed by atoms with Gasteiger partial charge in [0.15, 0.2) is 0 Å². The van der Waals surface area contributed by atoms with Crippen LogP contribution < -0.4 is 0 Å². The van der Waals surface area contributed by atoms with E-state index in [0.717, 1.165) is 5.39 Å². The van der Waals surface area contributed by atoms with Crippen molar-refractivity contribution in [3.05, 3.63) is 35.0 Å². The molecule has 0 radical (unpaired) electrons. The number of furan rings is 1. The Balaban J connectivity index is 2.42. The Hall–Kier alpha value is -1.00. The van der Waals surface area contributed by atoms with Gasteiger partial charge in [0.25, 0.3) is 0 Å². The molecule has 0 spiro atoms. The summed E-state index contributed by atoms with van der Waals surface area (Å²) in [6.45, 7) is 0. The number of alkyl halides is 1.